The lowest BCUT2D eigenvalue weighted by Gasteiger charge is -2.24. The van der Waals surface area contributed by atoms with Crippen molar-refractivity contribution < 1.29 is 5.11 Å². The lowest BCUT2D eigenvalue weighted by Crippen LogP contribution is -2.38. The van der Waals surface area contributed by atoms with E-state index in [1.165, 1.54) is 4.88 Å². The van der Waals surface area contributed by atoms with E-state index in [4.69, 9.17) is 0 Å². The molecule has 0 radical (unpaired) electrons. The molecule has 1 aromatic heterocycles. The molecule has 2 atom stereocenters. The Morgan fingerprint density at radius 2 is 1.94 bits per heavy atom. The van der Waals surface area contributed by atoms with Crippen LogP contribution < -0.4 is 5.32 Å². The highest BCUT2D eigenvalue weighted by Crippen LogP contribution is 2.23. The number of rotatable bonds is 5. The Bertz CT molecular complexity index is 336. The van der Waals surface area contributed by atoms with Gasteiger partial charge in [0.1, 0.15) is 0 Å². The summed E-state index contributed by atoms with van der Waals surface area (Å²) in [7, 11) is 0. The minimum absolute atomic E-state index is 0.136. The van der Waals surface area contributed by atoms with Gasteiger partial charge in [-0.25, -0.2) is 4.98 Å². The number of aliphatic hydroxyl groups excluding tert-OH is 1. The average Bonchev–Trinajstić information content (AvgIpc) is 2.53. The molecule has 0 aromatic carbocycles. The predicted octanol–water partition coefficient (Wildman–Crippen LogP) is 2.43. The summed E-state index contributed by atoms with van der Waals surface area (Å²) in [6.45, 7) is 10.6. The van der Waals surface area contributed by atoms with Gasteiger partial charge in [0.25, 0.3) is 0 Å². The van der Waals surface area contributed by atoms with Crippen molar-refractivity contribution in [3.8, 4) is 0 Å². The fourth-order valence-corrected chi connectivity index (χ4v) is 2.72. The maximum absolute atomic E-state index is 9.29. The summed E-state index contributed by atoms with van der Waals surface area (Å²) in [5.41, 5.74) is 1.11. The molecule has 3 nitrogen and oxygen atoms in total. The second-order valence-corrected chi connectivity index (χ2v) is 6.00. The zero-order chi connectivity index (χ0) is 12.3. The number of nitrogens with one attached hydrogen (secondary N) is 1. The van der Waals surface area contributed by atoms with E-state index in [9.17, 15) is 5.11 Å². The lowest BCUT2D eigenvalue weighted by atomic mass is 10.0. The largest absolute Gasteiger partial charge is 0.395 e. The summed E-state index contributed by atoms with van der Waals surface area (Å²) in [6, 6.07) is 0.334. The van der Waals surface area contributed by atoms with E-state index in [0.717, 1.165) is 10.7 Å². The number of hydrogen-bond donors (Lipinski definition) is 2. The fourth-order valence-electron chi connectivity index (χ4n) is 1.80. The molecule has 0 aliphatic carbocycles. The summed E-state index contributed by atoms with van der Waals surface area (Å²) in [5, 5.41) is 13.8. The van der Waals surface area contributed by atoms with E-state index in [-0.39, 0.29) is 18.7 Å². The predicted molar refractivity (Wildman–Crippen MR) is 68.9 cm³/mol. The van der Waals surface area contributed by atoms with Gasteiger partial charge in [0, 0.05) is 17.0 Å². The third-order valence-electron chi connectivity index (χ3n) is 2.82. The van der Waals surface area contributed by atoms with Crippen LogP contribution >= 0.6 is 11.3 Å². The lowest BCUT2D eigenvalue weighted by molar-refractivity contribution is 0.201. The van der Waals surface area contributed by atoms with Crippen molar-refractivity contribution >= 4 is 11.3 Å². The third kappa shape index (κ3) is 3.27. The highest BCUT2D eigenvalue weighted by molar-refractivity contribution is 7.11. The van der Waals surface area contributed by atoms with E-state index in [2.05, 4.69) is 38.0 Å². The van der Waals surface area contributed by atoms with Gasteiger partial charge in [-0.1, -0.05) is 13.8 Å². The number of thiazole rings is 1. The van der Waals surface area contributed by atoms with Gasteiger partial charge in [-0.15, -0.1) is 11.3 Å². The van der Waals surface area contributed by atoms with Crippen LogP contribution in [0.1, 0.15) is 42.4 Å². The summed E-state index contributed by atoms with van der Waals surface area (Å²) in [4.78, 5) is 5.79. The minimum atomic E-state index is 0.136. The van der Waals surface area contributed by atoms with Crippen LogP contribution in [0.4, 0.5) is 0 Å². The summed E-state index contributed by atoms with van der Waals surface area (Å²) in [6.07, 6.45) is 0. The molecule has 1 aromatic rings. The number of hydrogen-bond acceptors (Lipinski definition) is 4. The molecule has 0 spiro atoms. The maximum atomic E-state index is 9.29. The van der Waals surface area contributed by atoms with Crippen molar-refractivity contribution in [2.24, 2.45) is 5.92 Å². The molecule has 0 amide bonds. The molecule has 16 heavy (non-hydrogen) atoms. The molecular weight excluding hydrogens is 220 g/mol. The zero-order valence-corrected chi connectivity index (χ0v) is 11.6. The molecule has 0 aliphatic rings. The Balaban J connectivity index is 2.71. The van der Waals surface area contributed by atoms with Gasteiger partial charge in [-0.2, -0.15) is 0 Å². The zero-order valence-electron chi connectivity index (χ0n) is 10.7. The van der Waals surface area contributed by atoms with Crippen LogP contribution in [0.15, 0.2) is 0 Å². The highest BCUT2D eigenvalue weighted by Gasteiger charge is 2.18. The van der Waals surface area contributed by atoms with Crippen molar-refractivity contribution in [1.29, 1.82) is 0 Å². The smallest absolute Gasteiger partial charge is 0.0900 e. The summed E-state index contributed by atoms with van der Waals surface area (Å²) in [5.74, 6) is 0.424. The summed E-state index contributed by atoms with van der Waals surface area (Å²) >= 11 is 1.73. The van der Waals surface area contributed by atoms with Gasteiger partial charge in [0.15, 0.2) is 0 Å². The first kappa shape index (κ1) is 13.6. The van der Waals surface area contributed by atoms with Crippen molar-refractivity contribution in [1.82, 2.24) is 10.3 Å². The van der Waals surface area contributed by atoms with E-state index in [1.54, 1.807) is 11.3 Å². The molecule has 0 aliphatic heterocycles. The standard InChI is InChI=1S/C12H22N2OS/c1-7(2)11(6-15)13-8(3)12-9(4)16-10(5)14-12/h7-8,11,13,15H,6H2,1-5H3. The van der Waals surface area contributed by atoms with E-state index in [0.29, 0.717) is 5.92 Å². The SMILES string of the molecule is Cc1nc(C(C)NC(CO)C(C)C)c(C)s1. The van der Waals surface area contributed by atoms with Gasteiger partial charge in [0.2, 0.25) is 0 Å². The molecule has 0 bridgehead atoms. The van der Waals surface area contributed by atoms with Crippen LogP contribution in [0.2, 0.25) is 0 Å². The first-order chi connectivity index (χ1) is 7.45. The van der Waals surface area contributed by atoms with Crippen LogP contribution in [-0.2, 0) is 0 Å². The highest BCUT2D eigenvalue weighted by atomic mass is 32.1. The Morgan fingerprint density at radius 1 is 1.31 bits per heavy atom. The van der Waals surface area contributed by atoms with Crippen molar-refractivity contribution in [3.63, 3.8) is 0 Å². The number of nitrogens with zero attached hydrogens (tertiary/aromatic N) is 1. The number of aromatic nitrogens is 1. The van der Waals surface area contributed by atoms with Crippen LogP contribution in [0, 0.1) is 19.8 Å². The fraction of sp³-hybridized carbons (Fsp3) is 0.750. The second-order valence-electron chi connectivity index (χ2n) is 4.60. The monoisotopic (exact) mass is 242 g/mol. The normalized spacial score (nSPS) is 15.4. The molecule has 2 N–H and O–H groups in total. The molecule has 1 rings (SSSR count). The molecule has 0 saturated carbocycles. The van der Waals surface area contributed by atoms with Crippen LogP contribution in [0.25, 0.3) is 0 Å². The molecule has 2 unspecified atom stereocenters. The minimum Gasteiger partial charge on any atom is -0.395 e. The van der Waals surface area contributed by atoms with Gasteiger partial charge >= 0.3 is 0 Å². The Kier molecular flexibility index (Phi) is 4.89. The second kappa shape index (κ2) is 5.75. The van der Waals surface area contributed by atoms with Crippen LogP contribution in [-0.4, -0.2) is 22.7 Å². The van der Waals surface area contributed by atoms with Gasteiger partial charge in [-0.3, -0.25) is 0 Å². The molecule has 4 heteroatoms. The maximum Gasteiger partial charge on any atom is 0.0900 e. The first-order valence-corrected chi connectivity index (χ1v) is 6.58. The van der Waals surface area contributed by atoms with E-state index < -0.39 is 0 Å². The van der Waals surface area contributed by atoms with Gasteiger partial charge < -0.3 is 10.4 Å². The first-order valence-electron chi connectivity index (χ1n) is 5.76. The van der Waals surface area contributed by atoms with Crippen LogP contribution in [0.5, 0.6) is 0 Å². The molecule has 92 valence electrons. The van der Waals surface area contributed by atoms with Crippen molar-refractivity contribution in [2.45, 2.75) is 46.7 Å². The topological polar surface area (TPSA) is 45.2 Å². The van der Waals surface area contributed by atoms with E-state index in [1.807, 2.05) is 6.92 Å². The third-order valence-corrected chi connectivity index (χ3v) is 3.72. The quantitative estimate of drug-likeness (QED) is 0.833. The molecule has 0 fully saturated rings. The van der Waals surface area contributed by atoms with Crippen LogP contribution in [0.3, 0.4) is 0 Å². The van der Waals surface area contributed by atoms with Gasteiger partial charge in [0.05, 0.1) is 17.3 Å². The van der Waals surface area contributed by atoms with Gasteiger partial charge in [-0.05, 0) is 26.7 Å². The Hall–Kier alpha value is -0.450. The molecule has 1 heterocycles. The van der Waals surface area contributed by atoms with Crippen molar-refractivity contribution in [3.05, 3.63) is 15.6 Å². The van der Waals surface area contributed by atoms with Crippen molar-refractivity contribution in [2.75, 3.05) is 6.61 Å². The average molecular weight is 242 g/mol. The number of aryl methyl sites for hydroxylation is 2. The number of aliphatic hydroxyl groups is 1. The summed E-state index contributed by atoms with van der Waals surface area (Å²) < 4.78 is 0. The molecule has 0 saturated heterocycles. The van der Waals surface area contributed by atoms with E-state index >= 15 is 0 Å². The Morgan fingerprint density at radius 3 is 2.31 bits per heavy atom. The molecular formula is C12H22N2OS. The Labute approximate surface area is 102 Å².